The highest BCUT2D eigenvalue weighted by Crippen LogP contribution is 1.91. The van der Waals surface area contributed by atoms with E-state index in [2.05, 4.69) is 6.58 Å². The van der Waals surface area contributed by atoms with Gasteiger partial charge >= 0.3 is 0 Å². The lowest BCUT2D eigenvalue weighted by Gasteiger charge is -1.89. The molecule has 0 saturated heterocycles. The van der Waals surface area contributed by atoms with Gasteiger partial charge in [-0.2, -0.15) is 0 Å². The highest BCUT2D eigenvalue weighted by molar-refractivity contribution is 5.91. The lowest BCUT2D eigenvalue weighted by atomic mass is 10.2. The summed E-state index contributed by atoms with van der Waals surface area (Å²) in [6, 6.07) is 0. The largest absolute Gasteiger partial charge is 0.366 e. The molecule has 0 aliphatic heterocycles. The van der Waals surface area contributed by atoms with Crippen molar-refractivity contribution in [2.24, 2.45) is 5.73 Å². The van der Waals surface area contributed by atoms with Gasteiger partial charge in [0, 0.05) is 5.57 Å². The van der Waals surface area contributed by atoms with Gasteiger partial charge in [-0.3, -0.25) is 15.3 Å². The van der Waals surface area contributed by atoms with Gasteiger partial charge in [0.15, 0.2) is 0 Å². The molecule has 54 valence electrons. The zero-order valence-corrected chi connectivity index (χ0v) is 5.29. The fourth-order valence-electron chi connectivity index (χ4n) is 0.174. The normalized spacial score (nSPS) is 7.00. The summed E-state index contributed by atoms with van der Waals surface area (Å²) in [7, 11) is 0. The Hall–Kier alpha value is -0.870. The molecule has 0 atom stereocenters. The van der Waals surface area contributed by atoms with Gasteiger partial charge in [0.2, 0.25) is 5.91 Å². The van der Waals surface area contributed by atoms with Crippen molar-refractivity contribution >= 4 is 5.91 Å². The Balaban J connectivity index is 0. The lowest BCUT2D eigenvalue weighted by Crippen LogP contribution is -2.11. The fourth-order valence-corrected chi connectivity index (χ4v) is 0.174. The molecule has 0 aromatic carbocycles. The monoisotopic (exact) mass is 133 g/mol. The Labute approximate surface area is 53.5 Å². The molecule has 4 nitrogen and oxygen atoms in total. The van der Waals surface area contributed by atoms with Crippen molar-refractivity contribution < 1.29 is 15.3 Å². The van der Waals surface area contributed by atoms with Crippen molar-refractivity contribution in [3.05, 3.63) is 12.2 Å². The molecule has 0 radical (unpaired) electrons. The predicted octanol–water partition coefficient (Wildman–Crippen LogP) is 0.455. The minimum Gasteiger partial charge on any atom is -0.366 e. The van der Waals surface area contributed by atoms with Crippen LogP contribution in [0.25, 0.3) is 0 Å². The van der Waals surface area contributed by atoms with Crippen molar-refractivity contribution in [3.8, 4) is 0 Å². The molecule has 0 fully saturated rings. The maximum atomic E-state index is 10.1. The molecule has 0 bridgehead atoms. The molecule has 0 unspecified atom stereocenters. The first kappa shape index (κ1) is 11.0. The van der Waals surface area contributed by atoms with Gasteiger partial charge in [-0.05, 0) is 6.42 Å². The maximum absolute atomic E-state index is 10.1. The van der Waals surface area contributed by atoms with Crippen LogP contribution in [0, 0.1) is 0 Å². The molecule has 0 rings (SSSR count). The van der Waals surface area contributed by atoms with Crippen LogP contribution in [0.5, 0.6) is 0 Å². The summed E-state index contributed by atoms with van der Waals surface area (Å²) in [5, 5.41) is 12.0. The smallest absolute Gasteiger partial charge is 0.244 e. The van der Waals surface area contributed by atoms with Gasteiger partial charge in [0.1, 0.15) is 0 Å². The second kappa shape index (κ2) is 7.13. The average Bonchev–Trinajstić information content (AvgIpc) is 1.91. The Morgan fingerprint density at radius 3 is 2.00 bits per heavy atom. The summed E-state index contributed by atoms with van der Waals surface area (Å²) in [6.07, 6.45) is 0.648. The molecule has 0 spiro atoms. The van der Waals surface area contributed by atoms with E-state index >= 15 is 0 Å². The molecule has 0 aliphatic carbocycles. The van der Waals surface area contributed by atoms with E-state index in [4.69, 9.17) is 16.2 Å². The van der Waals surface area contributed by atoms with E-state index in [-0.39, 0.29) is 0 Å². The Morgan fingerprint density at radius 1 is 1.67 bits per heavy atom. The first-order valence-corrected chi connectivity index (χ1v) is 2.36. The lowest BCUT2D eigenvalue weighted by molar-refractivity contribution is -0.176. The van der Waals surface area contributed by atoms with Crippen LogP contribution in [0.1, 0.15) is 13.3 Å². The highest BCUT2D eigenvalue weighted by Gasteiger charge is 1.93. The minimum atomic E-state index is -0.400. The van der Waals surface area contributed by atoms with E-state index in [1.165, 1.54) is 0 Å². The molecular weight excluding hydrogens is 122 g/mol. The van der Waals surface area contributed by atoms with Crippen LogP contribution in [0.3, 0.4) is 0 Å². The number of nitrogens with two attached hydrogens (primary N) is 1. The van der Waals surface area contributed by atoms with Crippen LogP contribution in [0.4, 0.5) is 0 Å². The Kier molecular flexibility index (Phi) is 8.71. The maximum Gasteiger partial charge on any atom is 0.244 e. The van der Waals surface area contributed by atoms with E-state index in [1.807, 2.05) is 6.92 Å². The van der Waals surface area contributed by atoms with Gasteiger partial charge in [0.25, 0.3) is 0 Å². The second-order valence-electron chi connectivity index (χ2n) is 1.32. The third-order valence-corrected chi connectivity index (χ3v) is 0.775. The van der Waals surface area contributed by atoms with E-state index in [1.54, 1.807) is 0 Å². The fraction of sp³-hybridized carbons (Fsp3) is 0.400. The van der Waals surface area contributed by atoms with Gasteiger partial charge < -0.3 is 5.73 Å². The summed E-state index contributed by atoms with van der Waals surface area (Å²) >= 11 is 0. The molecular formula is C5H11NO3. The second-order valence-corrected chi connectivity index (χ2v) is 1.32. The van der Waals surface area contributed by atoms with Gasteiger partial charge in [-0.25, -0.2) is 0 Å². The highest BCUT2D eigenvalue weighted by atomic mass is 17.0. The zero-order valence-electron chi connectivity index (χ0n) is 5.29. The summed E-state index contributed by atoms with van der Waals surface area (Å²) < 4.78 is 0. The molecule has 0 aromatic rings. The van der Waals surface area contributed by atoms with Crippen LogP contribution >= 0.6 is 0 Å². The van der Waals surface area contributed by atoms with Crippen LogP contribution in [-0.2, 0) is 4.79 Å². The molecule has 4 heteroatoms. The molecule has 1 amide bonds. The van der Waals surface area contributed by atoms with Gasteiger partial charge in [-0.1, -0.05) is 13.5 Å². The van der Waals surface area contributed by atoms with E-state index in [9.17, 15) is 4.79 Å². The number of hydrogen-bond acceptors (Lipinski definition) is 3. The van der Waals surface area contributed by atoms with Crippen molar-refractivity contribution in [1.29, 1.82) is 0 Å². The standard InChI is InChI=1S/C5H9NO.H2O2/c1-3-4(2)5(6)7;1-2/h2-3H2,1H3,(H2,6,7);1-2H. The summed E-state index contributed by atoms with van der Waals surface area (Å²) in [6.45, 7) is 5.24. The number of hydrogen-bond donors (Lipinski definition) is 3. The number of carbonyl (C=O) groups is 1. The SMILES string of the molecule is C=C(CC)C(N)=O.OO. The summed E-state index contributed by atoms with van der Waals surface area (Å²) in [4.78, 5) is 10.1. The minimum absolute atomic E-state index is 0.400. The molecule has 0 saturated carbocycles. The third-order valence-electron chi connectivity index (χ3n) is 0.775. The topological polar surface area (TPSA) is 83.6 Å². The number of rotatable bonds is 2. The molecule has 4 N–H and O–H groups in total. The Bertz CT molecular complexity index is 100. The van der Waals surface area contributed by atoms with Crippen molar-refractivity contribution in [2.45, 2.75) is 13.3 Å². The van der Waals surface area contributed by atoms with E-state index in [0.717, 1.165) is 0 Å². The first-order valence-electron chi connectivity index (χ1n) is 2.36. The van der Waals surface area contributed by atoms with E-state index < -0.39 is 5.91 Å². The Morgan fingerprint density at radius 2 is 2.00 bits per heavy atom. The third kappa shape index (κ3) is 7.13. The summed E-state index contributed by atoms with van der Waals surface area (Å²) in [5.41, 5.74) is 5.29. The van der Waals surface area contributed by atoms with Gasteiger partial charge in [-0.15, -0.1) is 0 Å². The van der Waals surface area contributed by atoms with Crippen molar-refractivity contribution in [1.82, 2.24) is 0 Å². The number of carbonyl (C=O) groups excluding carboxylic acids is 1. The molecule has 0 aliphatic rings. The zero-order chi connectivity index (χ0) is 7.86. The van der Waals surface area contributed by atoms with Gasteiger partial charge in [0.05, 0.1) is 0 Å². The van der Waals surface area contributed by atoms with Crippen molar-refractivity contribution in [2.75, 3.05) is 0 Å². The molecule has 0 heterocycles. The molecule has 0 aromatic heterocycles. The van der Waals surface area contributed by atoms with Crippen LogP contribution in [-0.4, -0.2) is 16.4 Å². The van der Waals surface area contributed by atoms with Crippen LogP contribution < -0.4 is 5.73 Å². The van der Waals surface area contributed by atoms with Crippen LogP contribution in [0.15, 0.2) is 12.2 Å². The number of amides is 1. The average molecular weight is 133 g/mol. The predicted molar refractivity (Wildman–Crippen MR) is 33.9 cm³/mol. The number of primary amides is 1. The van der Waals surface area contributed by atoms with E-state index in [0.29, 0.717) is 12.0 Å². The molecule has 9 heavy (non-hydrogen) atoms. The van der Waals surface area contributed by atoms with Crippen LogP contribution in [0.2, 0.25) is 0 Å². The quantitative estimate of drug-likeness (QED) is 0.290. The van der Waals surface area contributed by atoms with Crippen molar-refractivity contribution in [3.63, 3.8) is 0 Å². The summed E-state index contributed by atoms with van der Waals surface area (Å²) in [5.74, 6) is -0.400. The first-order chi connectivity index (χ1) is 4.18.